The molecule has 0 aromatic heterocycles. The highest BCUT2D eigenvalue weighted by Gasteiger charge is 2.19. The second-order valence-corrected chi connectivity index (χ2v) is 8.08. The highest BCUT2D eigenvalue weighted by molar-refractivity contribution is 7.91. The number of benzene rings is 2. The maximum atomic E-state index is 12.6. The van der Waals surface area contributed by atoms with E-state index in [1.807, 2.05) is 30.3 Å². The predicted molar refractivity (Wildman–Crippen MR) is 97.7 cm³/mol. The van der Waals surface area contributed by atoms with Crippen LogP contribution in [-0.4, -0.2) is 31.2 Å². The van der Waals surface area contributed by atoms with Gasteiger partial charge in [0.25, 0.3) is 5.91 Å². The van der Waals surface area contributed by atoms with E-state index in [1.54, 1.807) is 6.92 Å². The molecule has 1 atom stereocenters. The summed E-state index contributed by atoms with van der Waals surface area (Å²) in [6.45, 7) is 1.54. The van der Waals surface area contributed by atoms with Crippen LogP contribution < -0.4 is 5.32 Å². The molecule has 6 nitrogen and oxygen atoms in total. The fourth-order valence-electron chi connectivity index (χ4n) is 2.51. The van der Waals surface area contributed by atoms with Crippen LogP contribution in [0.4, 0.5) is 0 Å². The van der Waals surface area contributed by atoms with Gasteiger partial charge in [0.05, 0.1) is 16.7 Å². The largest absolute Gasteiger partial charge is 0.481 e. The third-order valence-corrected chi connectivity index (χ3v) is 5.72. The standard InChI is InChI=1S/C19H21NO5S/c1-2-26(24,25)16-10-6-9-15(13-16)19(23)20-17(11-12-18(21)22)14-7-4-3-5-8-14/h3-10,13,17H,2,11-12H2,1H3,(H,20,23)(H,21,22). The van der Waals surface area contributed by atoms with Crippen molar-refractivity contribution in [2.24, 2.45) is 0 Å². The van der Waals surface area contributed by atoms with E-state index in [0.29, 0.717) is 0 Å². The minimum Gasteiger partial charge on any atom is -0.481 e. The molecule has 0 saturated carbocycles. The van der Waals surface area contributed by atoms with Crippen molar-refractivity contribution >= 4 is 21.7 Å². The molecule has 2 rings (SSSR count). The fraction of sp³-hybridized carbons (Fsp3) is 0.263. The van der Waals surface area contributed by atoms with Crippen molar-refractivity contribution in [3.8, 4) is 0 Å². The second-order valence-electron chi connectivity index (χ2n) is 5.80. The summed E-state index contributed by atoms with van der Waals surface area (Å²) in [5.41, 5.74) is 1.01. The number of nitrogens with one attached hydrogen (secondary N) is 1. The summed E-state index contributed by atoms with van der Waals surface area (Å²) in [6.07, 6.45) is 0.141. The molecular formula is C19H21NO5S. The second kappa shape index (κ2) is 8.62. The number of rotatable bonds is 8. The first kappa shape index (κ1) is 19.7. The van der Waals surface area contributed by atoms with Gasteiger partial charge in [-0.3, -0.25) is 9.59 Å². The van der Waals surface area contributed by atoms with Crippen molar-refractivity contribution in [2.45, 2.75) is 30.7 Å². The van der Waals surface area contributed by atoms with E-state index in [-0.39, 0.29) is 29.1 Å². The third kappa shape index (κ3) is 5.16. The highest BCUT2D eigenvalue weighted by Crippen LogP contribution is 2.20. The van der Waals surface area contributed by atoms with Gasteiger partial charge in [-0.25, -0.2) is 8.42 Å². The summed E-state index contributed by atoms with van der Waals surface area (Å²) in [5.74, 6) is -1.45. The fourth-order valence-corrected chi connectivity index (χ4v) is 3.44. The monoisotopic (exact) mass is 375 g/mol. The summed E-state index contributed by atoms with van der Waals surface area (Å²) in [6, 6.07) is 14.4. The number of carboxylic acids is 1. The van der Waals surface area contributed by atoms with E-state index in [4.69, 9.17) is 5.11 Å². The van der Waals surface area contributed by atoms with Crippen LogP contribution in [0.3, 0.4) is 0 Å². The van der Waals surface area contributed by atoms with E-state index in [9.17, 15) is 18.0 Å². The van der Waals surface area contributed by atoms with Gasteiger partial charge in [0.15, 0.2) is 9.84 Å². The van der Waals surface area contributed by atoms with Crippen LogP contribution in [-0.2, 0) is 14.6 Å². The number of amides is 1. The molecule has 0 heterocycles. The van der Waals surface area contributed by atoms with Gasteiger partial charge in [-0.15, -0.1) is 0 Å². The van der Waals surface area contributed by atoms with E-state index in [1.165, 1.54) is 24.3 Å². The molecule has 0 bridgehead atoms. The van der Waals surface area contributed by atoms with Gasteiger partial charge < -0.3 is 10.4 Å². The first-order valence-electron chi connectivity index (χ1n) is 8.24. The van der Waals surface area contributed by atoms with Crippen LogP contribution in [0.2, 0.25) is 0 Å². The Morgan fingerprint density at radius 1 is 1.08 bits per heavy atom. The minimum atomic E-state index is -3.41. The first-order valence-corrected chi connectivity index (χ1v) is 9.89. The summed E-state index contributed by atoms with van der Waals surface area (Å²) < 4.78 is 24.0. The Hall–Kier alpha value is -2.67. The predicted octanol–water partition coefficient (Wildman–Crippen LogP) is 2.82. The number of aliphatic carboxylic acids is 1. The van der Waals surface area contributed by atoms with Crippen LogP contribution in [0, 0.1) is 0 Å². The highest BCUT2D eigenvalue weighted by atomic mass is 32.2. The Balaban J connectivity index is 2.24. The number of hydrogen-bond donors (Lipinski definition) is 2. The smallest absolute Gasteiger partial charge is 0.303 e. The summed E-state index contributed by atoms with van der Waals surface area (Å²) >= 11 is 0. The van der Waals surface area contributed by atoms with Crippen LogP contribution >= 0.6 is 0 Å². The maximum absolute atomic E-state index is 12.6. The Kier molecular flexibility index (Phi) is 6.52. The quantitative estimate of drug-likeness (QED) is 0.739. The van der Waals surface area contributed by atoms with E-state index in [2.05, 4.69) is 5.32 Å². The zero-order chi connectivity index (χ0) is 19.2. The SMILES string of the molecule is CCS(=O)(=O)c1cccc(C(=O)NC(CCC(=O)O)c2ccccc2)c1. The molecule has 138 valence electrons. The minimum absolute atomic E-state index is 0.0523. The maximum Gasteiger partial charge on any atom is 0.303 e. The molecule has 0 radical (unpaired) electrons. The Labute approximate surface area is 152 Å². The van der Waals surface area contributed by atoms with Gasteiger partial charge in [0.1, 0.15) is 0 Å². The molecule has 0 spiro atoms. The summed E-state index contributed by atoms with van der Waals surface area (Å²) in [7, 11) is -3.41. The molecule has 0 fully saturated rings. The van der Waals surface area contributed by atoms with Gasteiger partial charge in [-0.2, -0.15) is 0 Å². The average Bonchev–Trinajstić information content (AvgIpc) is 2.65. The lowest BCUT2D eigenvalue weighted by atomic mass is 10.0. The van der Waals surface area contributed by atoms with Crippen molar-refractivity contribution in [1.29, 1.82) is 0 Å². The molecule has 2 aromatic rings. The lowest BCUT2D eigenvalue weighted by Gasteiger charge is -2.19. The lowest BCUT2D eigenvalue weighted by molar-refractivity contribution is -0.137. The molecule has 2 aromatic carbocycles. The van der Waals surface area contributed by atoms with Crippen molar-refractivity contribution in [3.05, 3.63) is 65.7 Å². The van der Waals surface area contributed by atoms with Crippen molar-refractivity contribution < 1.29 is 23.1 Å². The third-order valence-electron chi connectivity index (χ3n) is 3.99. The molecule has 2 N–H and O–H groups in total. The Morgan fingerprint density at radius 2 is 1.77 bits per heavy atom. The zero-order valence-electron chi connectivity index (χ0n) is 14.4. The van der Waals surface area contributed by atoms with Gasteiger partial charge in [0, 0.05) is 12.0 Å². The molecule has 1 amide bonds. The first-order chi connectivity index (χ1) is 12.3. The van der Waals surface area contributed by atoms with E-state index >= 15 is 0 Å². The van der Waals surface area contributed by atoms with Crippen LogP contribution in [0.5, 0.6) is 0 Å². The number of carbonyl (C=O) groups excluding carboxylic acids is 1. The Bertz CT molecular complexity index is 878. The molecule has 0 aliphatic heterocycles. The molecular weight excluding hydrogens is 354 g/mol. The average molecular weight is 375 g/mol. The number of sulfone groups is 1. The van der Waals surface area contributed by atoms with Crippen LogP contribution in [0.25, 0.3) is 0 Å². The molecule has 0 aliphatic carbocycles. The van der Waals surface area contributed by atoms with Gasteiger partial charge >= 0.3 is 5.97 Å². The van der Waals surface area contributed by atoms with E-state index in [0.717, 1.165) is 5.56 Å². The molecule has 26 heavy (non-hydrogen) atoms. The summed E-state index contributed by atoms with van der Waals surface area (Å²) in [5, 5.41) is 11.7. The normalized spacial score (nSPS) is 12.3. The van der Waals surface area contributed by atoms with Gasteiger partial charge in [-0.05, 0) is 30.2 Å². The molecule has 7 heteroatoms. The Morgan fingerprint density at radius 3 is 2.38 bits per heavy atom. The topological polar surface area (TPSA) is 101 Å². The molecule has 0 saturated heterocycles. The molecule has 0 aliphatic rings. The van der Waals surface area contributed by atoms with Gasteiger partial charge in [0.2, 0.25) is 0 Å². The molecule has 1 unspecified atom stereocenters. The van der Waals surface area contributed by atoms with Crippen molar-refractivity contribution in [3.63, 3.8) is 0 Å². The van der Waals surface area contributed by atoms with Crippen molar-refractivity contribution in [2.75, 3.05) is 5.75 Å². The zero-order valence-corrected chi connectivity index (χ0v) is 15.2. The van der Waals surface area contributed by atoms with Crippen LogP contribution in [0.15, 0.2) is 59.5 Å². The lowest BCUT2D eigenvalue weighted by Crippen LogP contribution is -2.29. The number of carbonyl (C=O) groups is 2. The number of hydrogen-bond acceptors (Lipinski definition) is 4. The number of carboxylic acid groups (broad SMARTS) is 1. The summed E-state index contributed by atoms with van der Waals surface area (Å²) in [4.78, 5) is 23.6. The van der Waals surface area contributed by atoms with Gasteiger partial charge in [-0.1, -0.05) is 43.3 Å². The van der Waals surface area contributed by atoms with Crippen molar-refractivity contribution in [1.82, 2.24) is 5.32 Å². The van der Waals surface area contributed by atoms with Crippen LogP contribution in [0.1, 0.15) is 41.7 Å². The van der Waals surface area contributed by atoms with E-state index < -0.39 is 27.8 Å².